The lowest BCUT2D eigenvalue weighted by Crippen LogP contribution is -2.42. The second kappa shape index (κ2) is 11.8. The minimum Gasteiger partial charge on any atom is -0.486 e. The highest BCUT2D eigenvalue weighted by molar-refractivity contribution is 14.0. The quantitative estimate of drug-likeness (QED) is 0.256. The SMILES string of the molecule is CN=C(NCCCc1c(C)noc1C)NCC(C)Oc1ccccc1F.I. The number of benzene rings is 1. The Balaban J connectivity index is 0.00000364. The van der Waals surface area contributed by atoms with Crippen molar-refractivity contribution in [2.45, 2.75) is 39.7 Å². The molecule has 0 amide bonds. The summed E-state index contributed by atoms with van der Waals surface area (Å²) in [6, 6.07) is 6.39. The maximum absolute atomic E-state index is 13.6. The van der Waals surface area contributed by atoms with E-state index >= 15 is 0 Å². The topological polar surface area (TPSA) is 71.7 Å². The van der Waals surface area contributed by atoms with Crippen molar-refractivity contribution in [3.8, 4) is 5.75 Å². The second-order valence-electron chi connectivity index (χ2n) is 6.15. The first kappa shape index (κ1) is 23.2. The molecule has 2 N–H and O–H groups in total. The van der Waals surface area contributed by atoms with E-state index in [4.69, 9.17) is 9.26 Å². The molecular formula is C19H28FIN4O2. The summed E-state index contributed by atoms with van der Waals surface area (Å²) >= 11 is 0. The van der Waals surface area contributed by atoms with Crippen LogP contribution < -0.4 is 15.4 Å². The van der Waals surface area contributed by atoms with Crippen molar-refractivity contribution in [1.82, 2.24) is 15.8 Å². The Morgan fingerprint density at radius 3 is 2.67 bits per heavy atom. The van der Waals surface area contributed by atoms with E-state index in [2.05, 4.69) is 20.8 Å². The number of guanidine groups is 1. The Labute approximate surface area is 177 Å². The summed E-state index contributed by atoms with van der Waals surface area (Å²) in [6.07, 6.45) is 1.63. The molecule has 0 aliphatic rings. The zero-order valence-corrected chi connectivity index (χ0v) is 18.5. The molecule has 2 rings (SSSR count). The molecule has 1 unspecified atom stereocenters. The highest BCUT2D eigenvalue weighted by atomic mass is 127. The molecule has 2 aromatic rings. The van der Waals surface area contributed by atoms with Gasteiger partial charge in [-0.15, -0.1) is 24.0 Å². The second-order valence-corrected chi connectivity index (χ2v) is 6.15. The first-order valence-corrected chi connectivity index (χ1v) is 8.78. The van der Waals surface area contributed by atoms with Gasteiger partial charge in [-0.3, -0.25) is 4.99 Å². The zero-order chi connectivity index (χ0) is 18.9. The fourth-order valence-electron chi connectivity index (χ4n) is 2.59. The fourth-order valence-corrected chi connectivity index (χ4v) is 2.59. The minimum atomic E-state index is -0.360. The minimum absolute atomic E-state index is 0. The Kier molecular flexibility index (Phi) is 10.1. The first-order valence-electron chi connectivity index (χ1n) is 8.78. The maximum atomic E-state index is 13.6. The molecule has 0 aliphatic heterocycles. The molecule has 0 spiro atoms. The first-order chi connectivity index (χ1) is 12.5. The molecule has 8 heteroatoms. The van der Waals surface area contributed by atoms with Crippen molar-refractivity contribution in [3.63, 3.8) is 0 Å². The van der Waals surface area contributed by atoms with Crippen LogP contribution in [-0.4, -0.2) is 37.4 Å². The van der Waals surface area contributed by atoms with Crippen LogP contribution in [0.2, 0.25) is 0 Å². The van der Waals surface area contributed by atoms with Crippen LogP contribution in [0.5, 0.6) is 5.75 Å². The summed E-state index contributed by atoms with van der Waals surface area (Å²) in [5.41, 5.74) is 2.12. The molecule has 0 saturated heterocycles. The molecular weight excluding hydrogens is 462 g/mol. The van der Waals surface area contributed by atoms with Gasteiger partial charge in [-0.2, -0.15) is 0 Å². The zero-order valence-electron chi connectivity index (χ0n) is 16.2. The predicted molar refractivity (Wildman–Crippen MR) is 116 cm³/mol. The van der Waals surface area contributed by atoms with Gasteiger partial charge < -0.3 is 19.9 Å². The number of aryl methyl sites for hydroxylation is 2. The van der Waals surface area contributed by atoms with Crippen molar-refractivity contribution in [3.05, 3.63) is 47.1 Å². The number of nitrogens with zero attached hydrogens (tertiary/aromatic N) is 2. The normalized spacial score (nSPS) is 12.3. The third-order valence-corrected chi connectivity index (χ3v) is 4.02. The van der Waals surface area contributed by atoms with Crippen molar-refractivity contribution < 1.29 is 13.7 Å². The summed E-state index contributed by atoms with van der Waals surface area (Å²) in [5.74, 6) is 1.46. The third-order valence-electron chi connectivity index (χ3n) is 4.02. The monoisotopic (exact) mass is 490 g/mol. The Hall–Kier alpha value is -1.84. The molecule has 6 nitrogen and oxygen atoms in total. The van der Waals surface area contributed by atoms with Gasteiger partial charge in [-0.25, -0.2) is 4.39 Å². The molecule has 1 aromatic heterocycles. The van der Waals surface area contributed by atoms with E-state index in [9.17, 15) is 4.39 Å². The molecule has 1 aromatic carbocycles. The molecule has 0 radical (unpaired) electrons. The van der Waals surface area contributed by atoms with Crippen LogP contribution in [0.1, 0.15) is 30.4 Å². The smallest absolute Gasteiger partial charge is 0.191 e. The summed E-state index contributed by atoms with van der Waals surface area (Å²) < 4.78 is 24.4. The largest absolute Gasteiger partial charge is 0.486 e. The number of hydrogen-bond donors (Lipinski definition) is 2. The maximum Gasteiger partial charge on any atom is 0.191 e. The van der Waals surface area contributed by atoms with Crippen molar-refractivity contribution in [2.75, 3.05) is 20.1 Å². The van der Waals surface area contributed by atoms with Gasteiger partial charge in [0, 0.05) is 19.2 Å². The third kappa shape index (κ3) is 7.36. The number of para-hydroxylation sites is 1. The number of halogens is 2. The molecule has 0 saturated carbocycles. The number of ether oxygens (including phenoxy) is 1. The summed E-state index contributed by atoms with van der Waals surface area (Å²) in [6.45, 7) is 7.05. The molecule has 0 fully saturated rings. The van der Waals surface area contributed by atoms with Crippen LogP contribution in [0.4, 0.5) is 4.39 Å². The average Bonchev–Trinajstić information content (AvgIpc) is 2.94. The molecule has 0 aliphatic carbocycles. The number of rotatable bonds is 8. The standard InChI is InChI=1S/C19H27FN4O2.HI/c1-13(25-18-10-6-5-9-17(18)20)12-23-19(21-4)22-11-7-8-16-14(2)24-26-15(16)3;/h5-6,9-10,13H,7-8,11-12H2,1-4H3,(H2,21,22,23);1H. The van der Waals surface area contributed by atoms with Crippen LogP contribution in [0.15, 0.2) is 33.8 Å². The average molecular weight is 490 g/mol. The summed E-state index contributed by atoms with van der Waals surface area (Å²) in [7, 11) is 1.71. The van der Waals surface area contributed by atoms with Gasteiger partial charge in [-0.05, 0) is 45.7 Å². The number of aliphatic imine (C=N–C) groups is 1. The van der Waals surface area contributed by atoms with E-state index in [1.54, 1.807) is 25.2 Å². The predicted octanol–water partition coefficient (Wildman–Crippen LogP) is 3.61. The van der Waals surface area contributed by atoms with E-state index in [1.165, 1.54) is 11.6 Å². The number of hydrogen-bond acceptors (Lipinski definition) is 4. The lowest BCUT2D eigenvalue weighted by atomic mass is 10.1. The molecule has 27 heavy (non-hydrogen) atoms. The van der Waals surface area contributed by atoms with E-state index in [-0.39, 0.29) is 41.6 Å². The molecule has 1 atom stereocenters. The van der Waals surface area contributed by atoms with Crippen LogP contribution in [0.25, 0.3) is 0 Å². The Morgan fingerprint density at radius 1 is 1.30 bits per heavy atom. The van der Waals surface area contributed by atoms with Crippen LogP contribution in [-0.2, 0) is 6.42 Å². The van der Waals surface area contributed by atoms with Crippen LogP contribution in [0, 0.1) is 19.7 Å². The van der Waals surface area contributed by atoms with Crippen molar-refractivity contribution >= 4 is 29.9 Å². The number of aromatic nitrogens is 1. The van der Waals surface area contributed by atoms with Gasteiger partial charge in [0.1, 0.15) is 11.9 Å². The van der Waals surface area contributed by atoms with E-state index in [1.807, 2.05) is 20.8 Å². The lowest BCUT2D eigenvalue weighted by molar-refractivity contribution is 0.214. The highest BCUT2D eigenvalue weighted by Crippen LogP contribution is 2.16. The fraction of sp³-hybridized carbons (Fsp3) is 0.474. The lowest BCUT2D eigenvalue weighted by Gasteiger charge is -2.18. The highest BCUT2D eigenvalue weighted by Gasteiger charge is 2.10. The van der Waals surface area contributed by atoms with E-state index in [0.717, 1.165) is 30.8 Å². The van der Waals surface area contributed by atoms with Gasteiger partial charge in [0.15, 0.2) is 17.5 Å². The molecule has 0 bridgehead atoms. The van der Waals surface area contributed by atoms with Crippen molar-refractivity contribution in [1.29, 1.82) is 0 Å². The van der Waals surface area contributed by atoms with Crippen molar-refractivity contribution in [2.24, 2.45) is 4.99 Å². The van der Waals surface area contributed by atoms with Gasteiger partial charge in [0.25, 0.3) is 0 Å². The van der Waals surface area contributed by atoms with Gasteiger partial charge >= 0.3 is 0 Å². The Morgan fingerprint density at radius 2 is 2.04 bits per heavy atom. The summed E-state index contributed by atoms with van der Waals surface area (Å²) in [5, 5.41) is 10.4. The van der Waals surface area contributed by atoms with E-state index < -0.39 is 0 Å². The van der Waals surface area contributed by atoms with Crippen LogP contribution in [0.3, 0.4) is 0 Å². The van der Waals surface area contributed by atoms with Crippen LogP contribution >= 0.6 is 24.0 Å². The molecule has 150 valence electrons. The van der Waals surface area contributed by atoms with Gasteiger partial charge in [0.05, 0.1) is 12.2 Å². The number of nitrogens with one attached hydrogen (secondary N) is 2. The van der Waals surface area contributed by atoms with E-state index in [0.29, 0.717) is 12.5 Å². The van der Waals surface area contributed by atoms with Gasteiger partial charge in [0.2, 0.25) is 0 Å². The Bertz CT molecular complexity index is 717. The molecule has 1 heterocycles. The summed E-state index contributed by atoms with van der Waals surface area (Å²) in [4.78, 5) is 4.19. The van der Waals surface area contributed by atoms with Gasteiger partial charge in [-0.1, -0.05) is 17.3 Å².